The molecule has 0 saturated carbocycles. The third kappa shape index (κ3) is 6.36. The van der Waals surface area contributed by atoms with Crippen LogP contribution in [0.25, 0.3) is 6.08 Å². The van der Waals surface area contributed by atoms with Gasteiger partial charge in [0, 0.05) is 13.1 Å². The summed E-state index contributed by atoms with van der Waals surface area (Å²) in [4.78, 5) is 27.1. The Balaban J connectivity index is 2.21. The Labute approximate surface area is 167 Å². The molecule has 1 aromatic heterocycles. The van der Waals surface area contributed by atoms with Crippen molar-refractivity contribution in [2.45, 2.75) is 37.4 Å². The zero-order valence-electron chi connectivity index (χ0n) is 15.7. The molecule has 10 nitrogen and oxygen atoms in total. The summed E-state index contributed by atoms with van der Waals surface area (Å²) < 4.78 is 11.0. The van der Waals surface area contributed by atoms with E-state index >= 15 is 0 Å². The summed E-state index contributed by atoms with van der Waals surface area (Å²) in [6.07, 6.45) is 0.559. The van der Waals surface area contributed by atoms with E-state index in [1.165, 1.54) is 13.0 Å². The van der Waals surface area contributed by atoms with Crippen molar-refractivity contribution in [3.05, 3.63) is 48.0 Å². The summed E-state index contributed by atoms with van der Waals surface area (Å²) in [6.45, 7) is 0.505. The van der Waals surface area contributed by atoms with Gasteiger partial charge in [0.25, 0.3) is 0 Å². The molecule has 2 rings (SSSR count). The van der Waals surface area contributed by atoms with Crippen LogP contribution in [0.2, 0.25) is 0 Å². The highest BCUT2D eigenvalue weighted by atomic mass is 16.5. The molecule has 1 aliphatic heterocycles. The molecule has 1 aliphatic rings. The number of aliphatic hydroxyl groups excluding tert-OH is 3. The molecule has 1 amide bonds. The van der Waals surface area contributed by atoms with E-state index in [0.29, 0.717) is 5.69 Å². The van der Waals surface area contributed by atoms with Crippen LogP contribution in [0.15, 0.2) is 42.3 Å². The van der Waals surface area contributed by atoms with E-state index < -0.39 is 54.7 Å². The van der Waals surface area contributed by atoms with E-state index in [-0.39, 0.29) is 6.61 Å². The Morgan fingerprint density at radius 2 is 2.14 bits per heavy atom. The van der Waals surface area contributed by atoms with Gasteiger partial charge in [-0.2, -0.15) is 0 Å². The minimum atomic E-state index is -1.67. The number of nitrogens with zero attached hydrogens (tertiary/aromatic N) is 1. The molecule has 0 saturated heterocycles. The number of ether oxygens (including phenoxy) is 2. The molecule has 4 unspecified atom stereocenters. The molecule has 0 radical (unpaired) electrons. The maximum Gasteiger partial charge on any atom is 0.370 e. The van der Waals surface area contributed by atoms with Crippen molar-refractivity contribution in [2.24, 2.45) is 0 Å². The first-order valence-electron chi connectivity index (χ1n) is 8.88. The smallest absolute Gasteiger partial charge is 0.370 e. The van der Waals surface area contributed by atoms with Crippen LogP contribution in [0.3, 0.4) is 0 Å². The van der Waals surface area contributed by atoms with E-state index in [4.69, 9.17) is 14.6 Å². The van der Waals surface area contributed by atoms with Crippen LogP contribution < -0.4 is 5.32 Å². The number of carboxylic acid groups (broad SMARTS) is 1. The normalized spacial score (nSPS) is 23.7. The van der Waals surface area contributed by atoms with Crippen molar-refractivity contribution in [3.63, 3.8) is 0 Å². The quantitative estimate of drug-likeness (QED) is 0.348. The number of aliphatic carboxylic acids is 1. The van der Waals surface area contributed by atoms with Gasteiger partial charge >= 0.3 is 5.97 Å². The first-order valence-corrected chi connectivity index (χ1v) is 8.88. The van der Waals surface area contributed by atoms with Crippen LogP contribution in [0, 0.1) is 0 Å². The maximum atomic E-state index is 11.6. The van der Waals surface area contributed by atoms with Gasteiger partial charge < -0.3 is 35.2 Å². The number of hydrogen-bond donors (Lipinski definition) is 5. The van der Waals surface area contributed by atoms with Gasteiger partial charge in [0.05, 0.1) is 24.9 Å². The summed E-state index contributed by atoms with van der Waals surface area (Å²) in [5.41, 5.74) is 0.697. The molecule has 158 valence electrons. The monoisotopic (exact) mass is 408 g/mol. The molecule has 0 spiro atoms. The average Bonchev–Trinajstić information content (AvgIpc) is 2.71. The van der Waals surface area contributed by atoms with Crippen LogP contribution in [-0.4, -0.2) is 81.0 Å². The summed E-state index contributed by atoms with van der Waals surface area (Å²) >= 11 is 0. The van der Waals surface area contributed by atoms with Gasteiger partial charge in [-0.1, -0.05) is 12.1 Å². The topological polar surface area (TPSA) is 158 Å². The highest BCUT2D eigenvalue weighted by Gasteiger charge is 2.43. The SMILES string of the molecule is CC(=O)NC1C(OC/C=C/c2ccccn2)C=C(C(=O)O)O[C@H]1C(O)C(O)CO. The van der Waals surface area contributed by atoms with Gasteiger partial charge in [0.2, 0.25) is 11.7 Å². The standard InChI is InChI=1S/C19H24N2O8/c1-11(23)21-16-14(28-8-4-6-12-5-2-3-7-20-12)9-15(19(26)27)29-18(16)17(25)13(24)10-22/h2-7,9,13-14,16-18,22,24-25H,8,10H2,1H3,(H,21,23)(H,26,27)/b6-4+/t13?,14?,16?,17?,18-/m1/s1. The van der Waals surface area contributed by atoms with E-state index in [2.05, 4.69) is 10.3 Å². The maximum absolute atomic E-state index is 11.6. The number of rotatable bonds is 9. The fourth-order valence-corrected chi connectivity index (χ4v) is 2.79. The zero-order chi connectivity index (χ0) is 21.4. The lowest BCUT2D eigenvalue weighted by Gasteiger charge is -2.39. The highest BCUT2D eigenvalue weighted by molar-refractivity contribution is 5.84. The Kier molecular flexibility index (Phi) is 8.28. The first kappa shape index (κ1) is 22.5. The number of pyridine rings is 1. The molecule has 0 aromatic carbocycles. The highest BCUT2D eigenvalue weighted by Crippen LogP contribution is 2.25. The molecule has 1 aromatic rings. The molecule has 10 heteroatoms. The van der Waals surface area contributed by atoms with Crippen molar-refractivity contribution >= 4 is 18.0 Å². The lowest BCUT2D eigenvalue weighted by Crippen LogP contribution is -2.60. The van der Waals surface area contributed by atoms with Crippen LogP contribution in [-0.2, 0) is 19.1 Å². The molecule has 0 bridgehead atoms. The van der Waals surface area contributed by atoms with Crippen molar-refractivity contribution in [3.8, 4) is 0 Å². The van der Waals surface area contributed by atoms with E-state index in [0.717, 1.165) is 0 Å². The minimum absolute atomic E-state index is 0.0477. The molecule has 29 heavy (non-hydrogen) atoms. The van der Waals surface area contributed by atoms with Gasteiger partial charge in [0.1, 0.15) is 18.3 Å². The van der Waals surface area contributed by atoms with Gasteiger partial charge in [-0.25, -0.2) is 4.79 Å². The lowest BCUT2D eigenvalue weighted by atomic mass is 9.93. The van der Waals surface area contributed by atoms with E-state index in [9.17, 15) is 24.9 Å². The zero-order valence-corrected chi connectivity index (χ0v) is 15.7. The number of amides is 1. The predicted octanol–water partition coefficient (Wildman–Crippen LogP) is -0.934. The average molecular weight is 408 g/mol. The van der Waals surface area contributed by atoms with Crippen LogP contribution >= 0.6 is 0 Å². The summed E-state index contributed by atoms with van der Waals surface area (Å²) in [5, 5.41) is 41.0. The Hall–Kier alpha value is -2.79. The fraction of sp³-hybridized carbons (Fsp3) is 0.421. The Morgan fingerprint density at radius 1 is 1.38 bits per heavy atom. The van der Waals surface area contributed by atoms with Crippen molar-refractivity contribution in [1.29, 1.82) is 0 Å². The lowest BCUT2D eigenvalue weighted by molar-refractivity contribution is -0.151. The van der Waals surface area contributed by atoms with Gasteiger partial charge in [0.15, 0.2) is 6.10 Å². The second-order valence-corrected chi connectivity index (χ2v) is 6.34. The Morgan fingerprint density at radius 3 is 2.72 bits per heavy atom. The van der Waals surface area contributed by atoms with E-state index in [1.807, 2.05) is 6.07 Å². The van der Waals surface area contributed by atoms with Gasteiger partial charge in [-0.3, -0.25) is 9.78 Å². The second kappa shape index (κ2) is 10.7. The number of aliphatic hydroxyl groups is 3. The van der Waals surface area contributed by atoms with Crippen molar-refractivity contribution in [1.82, 2.24) is 10.3 Å². The fourth-order valence-electron chi connectivity index (χ4n) is 2.79. The molecule has 5 atom stereocenters. The molecule has 2 heterocycles. The van der Waals surface area contributed by atoms with Crippen molar-refractivity contribution < 1.29 is 39.5 Å². The summed E-state index contributed by atoms with van der Waals surface area (Å²) in [5.74, 6) is -2.38. The minimum Gasteiger partial charge on any atom is -0.478 e. The third-order valence-corrected chi connectivity index (χ3v) is 4.15. The van der Waals surface area contributed by atoms with Gasteiger partial charge in [-0.15, -0.1) is 0 Å². The molecular formula is C19H24N2O8. The summed E-state index contributed by atoms with van der Waals surface area (Å²) in [7, 11) is 0. The van der Waals surface area contributed by atoms with E-state index in [1.54, 1.807) is 30.5 Å². The molecule has 5 N–H and O–H groups in total. The number of nitrogens with one attached hydrogen (secondary N) is 1. The number of carbonyl (C=O) groups excluding carboxylic acids is 1. The number of carbonyl (C=O) groups is 2. The Bertz CT molecular complexity index is 752. The van der Waals surface area contributed by atoms with Crippen LogP contribution in [0.5, 0.6) is 0 Å². The molecule has 0 aliphatic carbocycles. The molecular weight excluding hydrogens is 384 g/mol. The summed E-state index contributed by atoms with van der Waals surface area (Å²) in [6, 6.07) is 4.38. The van der Waals surface area contributed by atoms with Gasteiger partial charge in [-0.05, 0) is 24.3 Å². The van der Waals surface area contributed by atoms with Crippen LogP contribution in [0.1, 0.15) is 12.6 Å². The number of aromatic nitrogens is 1. The third-order valence-electron chi connectivity index (χ3n) is 4.15. The first-order chi connectivity index (χ1) is 13.8. The largest absolute Gasteiger partial charge is 0.478 e. The van der Waals surface area contributed by atoms with Crippen molar-refractivity contribution in [2.75, 3.05) is 13.2 Å². The molecule has 0 fully saturated rings. The second-order valence-electron chi connectivity index (χ2n) is 6.34. The predicted molar refractivity (Wildman–Crippen MR) is 100 cm³/mol. The number of hydrogen-bond acceptors (Lipinski definition) is 8. The van der Waals surface area contributed by atoms with Crippen LogP contribution in [0.4, 0.5) is 0 Å². The number of carboxylic acids is 1.